The van der Waals surface area contributed by atoms with E-state index < -0.39 is 37.7 Å². The molecule has 0 radical (unpaired) electrons. The summed E-state index contributed by atoms with van der Waals surface area (Å²) in [6, 6.07) is 22.5. The maximum atomic E-state index is 16.3. The van der Waals surface area contributed by atoms with Crippen molar-refractivity contribution in [1.29, 1.82) is 0 Å². The summed E-state index contributed by atoms with van der Waals surface area (Å²) in [5.41, 5.74) is 1.54. The maximum absolute atomic E-state index is 16.3. The zero-order chi connectivity index (χ0) is 33.5. The van der Waals surface area contributed by atoms with Gasteiger partial charge < -0.3 is 28.5 Å². The predicted molar refractivity (Wildman–Crippen MR) is 182 cm³/mol. The monoisotopic (exact) mass is 723 g/mol. The summed E-state index contributed by atoms with van der Waals surface area (Å²) in [5.74, 6) is -1.14. The van der Waals surface area contributed by atoms with Gasteiger partial charge in [-0.3, -0.25) is 14.5 Å². The van der Waals surface area contributed by atoms with Crippen LogP contribution in [0.1, 0.15) is 30.0 Å². The molecule has 4 atom stereocenters. The molecule has 3 amide bonds. The van der Waals surface area contributed by atoms with E-state index in [9.17, 15) is 19.5 Å². The molecule has 2 fully saturated rings. The lowest BCUT2D eigenvalue weighted by atomic mass is 9.82. The highest BCUT2D eigenvalue weighted by molar-refractivity contribution is 9.10. The Hall–Kier alpha value is -3.58. The first kappa shape index (κ1) is 33.3. The SMILES string of the molecule is C[C@@H]1[C@@H]([Si](C)(C)F)[C@H](CC(=O)N(CCO)Cc2ccccc2)O[C@@]12C(=O)N(Cc1cccc(N3CCOC3=O)c1)c1ccc(Br)cc12. The Morgan fingerprint density at radius 3 is 2.51 bits per heavy atom. The molecule has 6 rings (SSSR count). The summed E-state index contributed by atoms with van der Waals surface area (Å²) in [7, 11) is -3.50. The minimum atomic E-state index is -3.50. The third-order valence-electron chi connectivity index (χ3n) is 9.56. The molecule has 3 heterocycles. The number of hydrogen-bond acceptors (Lipinski definition) is 6. The number of rotatable bonds is 10. The lowest BCUT2D eigenvalue weighted by Gasteiger charge is -2.31. The molecule has 0 aliphatic carbocycles. The second kappa shape index (κ2) is 13.1. The molecule has 248 valence electrons. The third kappa shape index (κ3) is 6.24. The van der Waals surface area contributed by atoms with Crippen molar-refractivity contribution >= 4 is 53.6 Å². The van der Waals surface area contributed by atoms with Crippen molar-refractivity contribution < 1.29 is 33.1 Å². The first-order valence-corrected chi connectivity index (χ1v) is 19.6. The molecule has 0 bridgehead atoms. The Balaban J connectivity index is 1.33. The summed E-state index contributed by atoms with van der Waals surface area (Å²) in [5, 5.41) is 9.77. The van der Waals surface area contributed by atoms with Crippen LogP contribution in [0.3, 0.4) is 0 Å². The van der Waals surface area contributed by atoms with Crippen LogP contribution < -0.4 is 9.80 Å². The van der Waals surface area contributed by atoms with Crippen LogP contribution in [0, 0.1) is 5.92 Å². The molecule has 0 saturated carbocycles. The van der Waals surface area contributed by atoms with Crippen molar-refractivity contribution in [3.8, 4) is 0 Å². The van der Waals surface area contributed by atoms with Crippen molar-refractivity contribution in [2.45, 2.75) is 56.8 Å². The van der Waals surface area contributed by atoms with Crippen LogP contribution in [-0.4, -0.2) is 68.7 Å². The van der Waals surface area contributed by atoms with Crippen molar-refractivity contribution in [3.63, 3.8) is 0 Å². The number of benzene rings is 3. The molecule has 0 aromatic heterocycles. The molecule has 1 N–H and O–H groups in total. The fourth-order valence-corrected chi connectivity index (χ4v) is 10.4. The van der Waals surface area contributed by atoms with Gasteiger partial charge in [0.25, 0.3) is 5.91 Å². The molecular weight excluding hydrogens is 685 g/mol. The second-order valence-electron chi connectivity index (χ2n) is 13.0. The van der Waals surface area contributed by atoms with Crippen molar-refractivity contribution in [2.75, 3.05) is 36.1 Å². The van der Waals surface area contributed by atoms with Gasteiger partial charge >= 0.3 is 6.09 Å². The Morgan fingerprint density at radius 2 is 1.83 bits per heavy atom. The number of cyclic esters (lactones) is 1. The average Bonchev–Trinajstić information content (AvgIpc) is 3.66. The smallest absolute Gasteiger partial charge is 0.414 e. The fourth-order valence-electron chi connectivity index (χ4n) is 7.53. The van der Waals surface area contributed by atoms with E-state index in [2.05, 4.69) is 15.9 Å². The largest absolute Gasteiger partial charge is 0.447 e. The summed E-state index contributed by atoms with van der Waals surface area (Å²) in [4.78, 5) is 45.6. The van der Waals surface area contributed by atoms with Crippen LogP contribution in [0.5, 0.6) is 0 Å². The van der Waals surface area contributed by atoms with Crippen molar-refractivity contribution in [3.05, 3.63) is 94.0 Å². The Bertz CT molecular complexity index is 1670. The number of halogens is 2. The summed E-state index contributed by atoms with van der Waals surface area (Å²) >= 11 is 3.57. The number of amides is 3. The molecule has 9 nitrogen and oxygen atoms in total. The molecular formula is C35H39BrFN3O6Si. The Morgan fingerprint density at radius 1 is 1.09 bits per heavy atom. The number of aliphatic hydroxyl groups is 1. The normalized spacial score (nSPS) is 23.8. The second-order valence-corrected chi connectivity index (χ2v) is 17.7. The average molecular weight is 725 g/mol. The zero-order valence-corrected chi connectivity index (χ0v) is 29.3. The van der Waals surface area contributed by atoms with Crippen LogP contribution in [0.4, 0.5) is 20.3 Å². The predicted octanol–water partition coefficient (Wildman–Crippen LogP) is 6.14. The van der Waals surface area contributed by atoms with Crippen LogP contribution in [0.2, 0.25) is 18.6 Å². The first-order valence-electron chi connectivity index (χ1n) is 15.9. The van der Waals surface area contributed by atoms with Crippen LogP contribution in [0.25, 0.3) is 0 Å². The minimum Gasteiger partial charge on any atom is -0.447 e. The molecule has 0 unspecified atom stereocenters. The van der Waals surface area contributed by atoms with E-state index in [1.165, 1.54) is 0 Å². The van der Waals surface area contributed by atoms with Gasteiger partial charge in [0.15, 0.2) is 5.60 Å². The number of aliphatic hydroxyl groups excluding tert-OH is 1. The van der Waals surface area contributed by atoms with Gasteiger partial charge in [0.05, 0.1) is 37.9 Å². The molecule has 1 spiro atoms. The molecule has 2 saturated heterocycles. The first-order chi connectivity index (χ1) is 22.4. The van der Waals surface area contributed by atoms with Crippen LogP contribution in [-0.2, 0) is 37.8 Å². The molecule has 3 aliphatic rings. The van der Waals surface area contributed by atoms with Gasteiger partial charge in [0.2, 0.25) is 14.3 Å². The van der Waals surface area contributed by atoms with E-state index in [4.69, 9.17) is 9.47 Å². The number of carbonyl (C=O) groups is 3. The highest BCUT2D eigenvalue weighted by Gasteiger charge is 2.67. The highest BCUT2D eigenvalue weighted by Crippen LogP contribution is 2.60. The lowest BCUT2D eigenvalue weighted by molar-refractivity contribution is -0.150. The topological polar surface area (TPSA) is 99.6 Å². The number of hydrogen-bond donors (Lipinski definition) is 1. The molecule has 3 aromatic rings. The van der Waals surface area contributed by atoms with Crippen molar-refractivity contribution in [2.24, 2.45) is 5.92 Å². The number of carbonyl (C=O) groups excluding carboxylic acids is 3. The summed E-state index contributed by atoms with van der Waals surface area (Å²) < 4.78 is 29.0. The highest BCUT2D eigenvalue weighted by atomic mass is 79.9. The summed E-state index contributed by atoms with van der Waals surface area (Å²) in [6.45, 7) is 6.25. The van der Waals surface area contributed by atoms with E-state index in [1.54, 1.807) is 27.8 Å². The van der Waals surface area contributed by atoms with E-state index in [0.717, 1.165) is 15.6 Å². The third-order valence-corrected chi connectivity index (χ3v) is 12.5. The van der Waals surface area contributed by atoms with Gasteiger partial charge in [-0.25, -0.2) is 4.79 Å². The summed E-state index contributed by atoms with van der Waals surface area (Å²) in [6.07, 6.45) is -1.37. The molecule has 3 aliphatic heterocycles. The number of fused-ring (bicyclic) bond motifs is 2. The van der Waals surface area contributed by atoms with Crippen molar-refractivity contribution in [1.82, 2.24) is 4.90 Å². The van der Waals surface area contributed by atoms with E-state index in [-0.39, 0.29) is 37.9 Å². The minimum absolute atomic E-state index is 0.117. The standard InChI is InChI=1S/C35H39BrFN3O6Si/c1-23-32(47(2,3)37)30(20-31(42)38(14-16-41)21-24-8-5-4-6-9-24)46-35(23)28-19-26(36)12-13-29(28)40(33(35)43)22-25-10-7-11-27(18-25)39-15-17-45-34(39)44/h4-13,18-19,23,30,32,41H,14-17,20-22H2,1-3H3/t23-,30+,32-,35+/m1/s1. The fraction of sp³-hybridized carbons (Fsp3) is 0.400. The number of anilines is 2. The van der Waals surface area contributed by atoms with Gasteiger partial charge in [-0.05, 0) is 54.6 Å². The van der Waals surface area contributed by atoms with Gasteiger partial charge in [0, 0.05) is 40.3 Å². The van der Waals surface area contributed by atoms with E-state index in [0.29, 0.717) is 36.6 Å². The van der Waals surface area contributed by atoms with E-state index in [1.807, 2.05) is 79.7 Å². The van der Waals surface area contributed by atoms with Gasteiger partial charge in [-0.2, -0.15) is 0 Å². The molecule has 12 heteroatoms. The Kier molecular flexibility index (Phi) is 9.32. The lowest BCUT2D eigenvalue weighted by Crippen LogP contribution is -2.45. The van der Waals surface area contributed by atoms with Gasteiger partial charge in [-0.15, -0.1) is 0 Å². The quantitative estimate of drug-likeness (QED) is 0.199. The van der Waals surface area contributed by atoms with Gasteiger partial charge in [-0.1, -0.05) is 65.3 Å². The van der Waals surface area contributed by atoms with E-state index >= 15 is 4.11 Å². The number of ether oxygens (including phenoxy) is 2. The van der Waals surface area contributed by atoms with Gasteiger partial charge in [0.1, 0.15) is 6.61 Å². The van der Waals surface area contributed by atoms with Crippen LogP contribution in [0.15, 0.2) is 77.3 Å². The maximum Gasteiger partial charge on any atom is 0.414 e. The molecule has 3 aromatic carbocycles. The van der Waals surface area contributed by atoms with Crippen LogP contribution >= 0.6 is 15.9 Å². The molecule has 47 heavy (non-hydrogen) atoms. The number of nitrogens with zero attached hydrogens (tertiary/aromatic N) is 3. The Labute approximate surface area is 283 Å². The zero-order valence-electron chi connectivity index (χ0n) is 26.7.